The van der Waals surface area contributed by atoms with Crippen molar-refractivity contribution in [1.29, 1.82) is 0 Å². The highest BCUT2D eigenvalue weighted by atomic mass is 15.0. The van der Waals surface area contributed by atoms with Crippen LogP contribution in [0, 0.1) is 6.92 Å². The van der Waals surface area contributed by atoms with Gasteiger partial charge in [0.25, 0.3) is 0 Å². The zero-order valence-electron chi connectivity index (χ0n) is 10.6. The number of nitrogens with zero attached hydrogens (tertiary/aromatic N) is 2. The number of pyridine rings is 2. The van der Waals surface area contributed by atoms with E-state index < -0.39 is 0 Å². The molecule has 0 aliphatic carbocycles. The molecule has 0 aliphatic heterocycles. The van der Waals surface area contributed by atoms with Gasteiger partial charge in [-0.2, -0.15) is 0 Å². The van der Waals surface area contributed by atoms with E-state index in [1.54, 1.807) is 12.4 Å². The van der Waals surface area contributed by atoms with E-state index in [0.717, 1.165) is 33.7 Å². The van der Waals surface area contributed by atoms with Gasteiger partial charge >= 0.3 is 0 Å². The molecule has 0 spiro atoms. The predicted octanol–water partition coefficient (Wildman–Crippen LogP) is 3.26. The topological polar surface area (TPSA) is 63.8 Å². The largest absolute Gasteiger partial charge is 0.398 e. The predicted molar refractivity (Wildman–Crippen MR) is 78.4 cm³/mol. The summed E-state index contributed by atoms with van der Waals surface area (Å²) in [6.45, 7) is 1.94. The smallest absolute Gasteiger partial charge is 0.132 e. The van der Waals surface area contributed by atoms with Crippen LogP contribution in [0.5, 0.6) is 0 Å². The molecule has 19 heavy (non-hydrogen) atoms. The fourth-order valence-corrected chi connectivity index (χ4v) is 1.96. The van der Waals surface area contributed by atoms with Crippen molar-refractivity contribution in [2.75, 3.05) is 11.1 Å². The number of aryl methyl sites for hydroxylation is 1. The summed E-state index contributed by atoms with van der Waals surface area (Å²) in [5.41, 5.74) is 9.53. The SMILES string of the molecule is Cc1cnc(Nc2cccc3ncccc23)cc1N. The number of anilines is 3. The Morgan fingerprint density at radius 3 is 2.84 bits per heavy atom. The van der Waals surface area contributed by atoms with E-state index in [1.807, 2.05) is 43.3 Å². The number of nitrogens with one attached hydrogen (secondary N) is 1. The average Bonchev–Trinajstić information content (AvgIpc) is 2.43. The minimum absolute atomic E-state index is 0.732. The molecule has 0 saturated carbocycles. The Kier molecular flexibility index (Phi) is 2.76. The van der Waals surface area contributed by atoms with E-state index in [4.69, 9.17) is 5.73 Å². The number of nitrogens with two attached hydrogens (primary N) is 1. The number of nitrogen functional groups attached to an aromatic ring is 1. The molecule has 2 aromatic heterocycles. The van der Waals surface area contributed by atoms with Crippen molar-refractivity contribution in [2.24, 2.45) is 0 Å². The van der Waals surface area contributed by atoms with Gasteiger partial charge in [-0.3, -0.25) is 4.98 Å². The van der Waals surface area contributed by atoms with E-state index in [1.165, 1.54) is 0 Å². The average molecular weight is 250 g/mol. The Balaban J connectivity index is 2.03. The molecule has 3 N–H and O–H groups in total. The van der Waals surface area contributed by atoms with Crippen molar-refractivity contribution in [3.63, 3.8) is 0 Å². The zero-order chi connectivity index (χ0) is 13.2. The molecule has 0 saturated heterocycles. The molecular weight excluding hydrogens is 236 g/mol. The van der Waals surface area contributed by atoms with E-state index in [2.05, 4.69) is 15.3 Å². The lowest BCUT2D eigenvalue weighted by molar-refractivity contribution is 1.26. The summed E-state index contributed by atoms with van der Waals surface area (Å²) in [4.78, 5) is 8.66. The molecule has 3 rings (SSSR count). The first-order chi connectivity index (χ1) is 9.24. The van der Waals surface area contributed by atoms with E-state index in [9.17, 15) is 0 Å². The molecule has 0 radical (unpaired) electrons. The fourth-order valence-electron chi connectivity index (χ4n) is 1.96. The Morgan fingerprint density at radius 2 is 2.00 bits per heavy atom. The first-order valence-electron chi connectivity index (χ1n) is 6.07. The van der Waals surface area contributed by atoms with Crippen molar-refractivity contribution in [2.45, 2.75) is 6.92 Å². The van der Waals surface area contributed by atoms with Crippen LogP contribution in [0.2, 0.25) is 0 Å². The minimum atomic E-state index is 0.732. The maximum atomic E-state index is 5.89. The molecule has 0 bridgehead atoms. The van der Waals surface area contributed by atoms with Gasteiger partial charge in [0, 0.05) is 35.2 Å². The van der Waals surface area contributed by atoms with Crippen LogP contribution < -0.4 is 11.1 Å². The van der Waals surface area contributed by atoms with Gasteiger partial charge in [-0.05, 0) is 36.8 Å². The molecule has 4 nitrogen and oxygen atoms in total. The van der Waals surface area contributed by atoms with E-state index in [-0.39, 0.29) is 0 Å². The Bertz CT molecular complexity index is 732. The standard InChI is InChI=1S/C15H14N4/c1-10-9-18-15(8-12(10)16)19-14-6-2-5-13-11(14)4-3-7-17-13/h2-9H,1H3,(H3,16,18,19). The molecule has 0 unspecified atom stereocenters. The van der Waals surface area contributed by atoms with Crippen molar-refractivity contribution >= 4 is 28.1 Å². The van der Waals surface area contributed by atoms with Gasteiger partial charge in [0.2, 0.25) is 0 Å². The third-order valence-electron chi connectivity index (χ3n) is 3.05. The van der Waals surface area contributed by atoms with Crippen LogP contribution in [0.4, 0.5) is 17.2 Å². The second-order valence-electron chi connectivity index (χ2n) is 4.43. The molecule has 1 aromatic carbocycles. The van der Waals surface area contributed by atoms with Gasteiger partial charge < -0.3 is 11.1 Å². The lowest BCUT2D eigenvalue weighted by Crippen LogP contribution is -1.98. The molecular formula is C15H14N4. The minimum Gasteiger partial charge on any atom is -0.398 e. The Labute approximate surface area is 111 Å². The first kappa shape index (κ1) is 11.5. The van der Waals surface area contributed by atoms with Gasteiger partial charge in [-0.15, -0.1) is 0 Å². The van der Waals surface area contributed by atoms with Gasteiger partial charge in [-0.1, -0.05) is 6.07 Å². The summed E-state index contributed by atoms with van der Waals surface area (Å²) in [7, 11) is 0. The Hall–Kier alpha value is -2.62. The van der Waals surface area contributed by atoms with Crippen LogP contribution in [0.25, 0.3) is 10.9 Å². The zero-order valence-corrected chi connectivity index (χ0v) is 10.6. The first-order valence-corrected chi connectivity index (χ1v) is 6.07. The quantitative estimate of drug-likeness (QED) is 0.732. The number of rotatable bonds is 2. The van der Waals surface area contributed by atoms with Crippen LogP contribution in [-0.2, 0) is 0 Å². The highest BCUT2D eigenvalue weighted by molar-refractivity contribution is 5.92. The molecule has 94 valence electrons. The number of hydrogen-bond acceptors (Lipinski definition) is 4. The normalized spacial score (nSPS) is 10.6. The van der Waals surface area contributed by atoms with Crippen molar-refractivity contribution in [3.8, 4) is 0 Å². The second-order valence-corrected chi connectivity index (χ2v) is 4.43. The number of hydrogen-bond donors (Lipinski definition) is 2. The second kappa shape index (κ2) is 4.57. The summed E-state index contributed by atoms with van der Waals surface area (Å²) in [6, 6.07) is 11.7. The molecule has 0 aliphatic rings. The molecule has 4 heteroatoms. The highest BCUT2D eigenvalue weighted by Gasteiger charge is 2.03. The summed E-state index contributed by atoms with van der Waals surface area (Å²) in [5, 5.41) is 4.34. The third-order valence-corrected chi connectivity index (χ3v) is 3.05. The van der Waals surface area contributed by atoms with Crippen LogP contribution >= 0.6 is 0 Å². The fraction of sp³-hybridized carbons (Fsp3) is 0.0667. The highest BCUT2D eigenvalue weighted by Crippen LogP contribution is 2.25. The number of fused-ring (bicyclic) bond motifs is 1. The Morgan fingerprint density at radius 1 is 1.11 bits per heavy atom. The van der Waals surface area contributed by atoms with Crippen molar-refractivity contribution in [3.05, 3.63) is 54.4 Å². The van der Waals surface area contributed by atoms with Crippen molar-refractivity contribution in [1.82, 2.24) is 9.97 Å². The van der Waals surface area contributed by atoms with Gasteiger partial charge in [0.05, 0.1) is 5.52 Å². The molecule has 2 heterocycles. The van der Waals surface area contributed by atoms with Gasteiger partial charge in [-0.25, -0.2) is 4.98 Å². The maximum absolute atomic E-state index is 5.89. The van der Waals surface area contributed by atoms with E-state index in [0.29, 0.717) is 0 Å². The molecule has 3 aromatic rings. The molecule has 0 fully saturated rings. The maximum Gasteiger partial charge on any atom is 0.132 e. The summed E-state index contributed by atoms with van der Waals surface area (Å²) >= 11 is 0. The summed E-state index contributed by atoms with van der Waals surface area (Å²) in [5.74, 6) is 0.736. The van der Waals surface area contributed by atoms with Crippen molar-refractivity contribution < 1.29 is 0 Å². The van der Waals surface area contributed by atoms with Crippen LogP contribution in [0.1, 0.15) is 5.56 Å². The van der Waals surface area contributed by atoms with Crippen LogP contribution in [0.3, 0.4) is 0 Å². The van der Waals surface area contributed by atoms with Crippen LogP contribution in [-0.4, -0.2) is 9.97 Å². The lowest BCUT2D eigenvalue weighted by atomic mass is 10.2. The van der Waals surface area contributed by atoms with Gasteiger partial charge in [0.15, 0.2) is 0 Å². The monoisotopic (exact) mass is 250 g/mol. The number of benzene rings is 1. The molecule has 0 atom stereocenters. The third kappa shape index (κ3) is 2.20. The summed E-state index contributed by atoms with van der Waals surface area (Å²) in [6.07, 6.45) is 3.55. The molecule has 0 amide bonds. The van der Waals surface area contributed by atoms with Gasteiger partial charge in [0.1, 0.15) is 5.82 Å². The number of aromatic nitrogens is 2. The lowest BCUT2D eigenvalue weighted by Gasteiger charge is -2.09. The van der Waals surface area contributed by atoms with E-state index >= 15 is 0 Å². The summed E-state index contributed by atoms with van der Waals surface area (Å²) < 4.78 is 0. The van der Waals surface area contributed by atoms with Crippen LogP contribution in [0.15, 0.2) is 48.8 Å².